The van der Waals surface area contributed by atoms with Gasteiger partial charge in [0.05, 0.1) is 34.0 Å². The molecule has 0 aromatic carbocycles. The zero-order valence-electron chi connectivity index (χ0n) is 28.1. The summed E-state index contributed by atoms with van der Waals surface area (Å²) in [5.74, 6) is 2.61. The van der Waals surface area contributed by atoms with E-state index in [1.54, 1.807) is 19.6 Å². The average molecular weight is 667 g/mol. The first-order chi connectivity index (χ1) is 23.7. The summed E-state index contributed by atoms with van der Waals surface area (Å²) in [5.41, 5.74) is 1.35. The number of carbonyl (C=O) groups excluding carboxylic acids is 2. The van der Waals surface area contributed by atoms with Crippen LogP contribution in [0.2, 0.25) is 0 Å². The first-order valence-corrected chi connectivity index (χ1v) is 16.7. The van der Waals surface area contributed by atoms with Crippen LogP contribution in [0, 0.1) is 34.5 Å². The predicted molar refractivity (Wildman–Crippen MR) is 182 cm³/mol. The Morgan fingerprint density at radius 2 is 1.22 bits per heavy atom. The quantitative estimate of drug-likeness (QED) is 0.289. The van der Waals surface area contributed by atoms with E-state index in [-0.39, 0.29) is 42.3 Å². The van der Waals surface area contributed by atoms with Gasteiger partial charge in [0, 0.05) is 58.3 Å². The molecule has 8 heterocycles. The van der Waals surface area contributed by atoms with Crippen molar-refractivity contribution in [1.29, 1.82) is 10.5 Å². The van der Waals surface area contributed by atoms with Crippen LogP contribution >= 0.6 is 0 Å². The Bertz CT molecular complexity index is 1770. The van der Waals surface area contributed by atoms with Crippen LogP contribution in [0.1, 0.15) is 46.5 Å². The Morgan fingerprint density at radius 1 is 0.816 bits per heavy atom. The molecular weight excluding hydrogens is 624 g/mol. The number of aliphatic hydroxyl groups excluding tert-OH is 1. The molecule has 0 unspecified atom stereocenters. The summed E-state index contributed by atoms with van der Waals surface area (Å²) in [6.45, 7) is 11.0. The van der Waals surface area contributed by atoms with Crippen LogP contribution in [-0.4, -0.2) is 114 Å². The van der Waals surface area contributed by atoms with E-state index in [1.165, 1.54) is 0 Å². The first kappa shape index (κ1) is 33.6. The molecule has 0 radical (unpaired) electrons. The molecule has 2 amide bonds. The van der Waals surface area contributed by atoms with Crippen LogP contribution in [0.25, 0.3) is 22.1 Å². The van der Waals surface area contributed by atoms with E-state index in [1.807, 2.05) is 46.5 Å². The van der Waals surface area contributed by atoms with Gasteiger partial charge in [-0.3, -0.25) is 9.59 Å². The molecule has 4 aliphatic rings. The van der Waals surface area contributed by atoms with E-state index >= 15 is 0 Å². The molecule has 3 N–H and O–H groups in total. The number of nitrogens with zero attached hydrogens (tertiary/aromatic N) is 10. The molecule has 4 saturated heterocycles. The Balaban J connectivity index is 0.000000158. The van der Waals surface area contributed by atoms with Crippen molar-refractivity contribution < 1.29 is 14.7 Å². The van der Waals surface area contributed by atoms with Crippen molar-refractivity contribution in [3.63, 3.8) is 0 Å². The Labute approximate surface area is 284 Å². The summed E-state index contributed by atoms with van der Waals surface area (Å²) in [5, 5.41) is 27.2. The number of nitriles is 2. The number of aromatic nitrogens is 6. The highest BCUT2D eigenvalue weighted by Crippen LogP contribution is 2.46. The second-order valence-corrected chi connectivity index (χ2v) is 13.2. The third-order valence-corrected chi connectivity index (χ3v) is 10.7. The van der Waals surface area contributed by atoms with Gasteiger partial charge in [-0.2, -0.15) is 10.5 Å². The molecule has 0 bridgehead atoms. The van der Waals surface area contributed by atoms with Crippen molar-refractivity contribution in [1.82, 2.24) is 39.7 Å². The summed E-state index contributed by atoms with van der Waals surface area (Å²) in [4.78, 5) is 56.3. The second-order valence-electron chi connectivity index (χ2n) is 13.2. The molecule has 8 rings (SSSR count). The van der Waals surface area contributed by atoms with Crippen molar-refractivity contribution in [3.8, 4) is 12.1 Å². The normalized spacial score (nSPS) is 25.3. The monoisotopic (exact) mass is 666 g/mol. The van der Waals surface area contributed by atoms with Crippen molar-refractivity contribution in [2.24, 2.45) is 11.8 Å². The summed E-state index contributed by atoms with van der Waals surface area (Å²) >= 11 is 0. The summed E-state index contributed by atoms with van der Waals surface area (Å²) in [6, 6.07) is 7.91. The highest BCUT2D eigenvalue weighted by atomic mass is 16.2. The fraction of sp³-hybridized carbons (Fsp3) is 0.529. The van der Waals surface area contributed by atoms with Crippen LogP contribution in [0.5, 0.6) is 0 Å². The van der Waals surface area contributed by atoms with Gasteiger partial charge in [-0.1, -0.05) is 13.8 Å². The molecule has 0 aliphatic carbocycles. The molecule has 15 heteroatoms. The number of likely N-dealkylation sites (tertiary alicyclic amines) is 2. The number of aliphatic hydroxyl groups is 1. The van der Waals surface area contributed by atoms with Crippen molar-refractivity contribution in [2.75, 3.05) is 55.7 Å². The molecule has 4 aromatic rings. The van der Waals surface area contributed by atoms with Crippen LogP contribution in [-0.2, 0) is 9.59 Å². The summed E-state index contributed by atoms with van der Waals surface area (Å²) in [7, 11) is 0. The molecule has 256 valence electrons. The molecule has 4 aromatic heterocycles. The van der Waals surface area contributed by atoms with E-state index in [4.69, 9.17) is 15.6 Å². The van der Waals surface area contributed by atoms with Crippen LogP contribution < -0.4 is 9.80 Å². The average Bonchev–Trinajstić information content (AvgIpc) is 3.92. The van der Waals surface area contributed by atoms with Gasteiger partial charge in [-0.25, -0.2) is 19.9 Å². The number of rotatable bonds is 4. The highest BCUT2D eigenvalue weighted by molar-refractivity contribution is 5.89. The van der Waals surface area contributed by atoms with Gasteiger partial charge in [0.2, 0.25) is 11.8 Å². The Morgan fingerprint density at radius 3 is 1.59 bits per heavy atom. The van der Waals surface area contributed by atoms with Gasteiger partial charge < -0.3 is 34.7 Å². The van der Waals surface area contributed by atoms with Crippen LogP contribution in [0.15, 0.2) is 37.2 Å². The number of H-pyrrole nitrogens is 2. The molecule has 2 spiro atoms. The van der Waals surface area contributed by atoms with Gasteiger partial charge in [0.15, 0.2) is 0 Å². The predicted octanol–water partition coefficient (Wildman–Crippen LogP) is 2.60. The number of aromatic amines is 2. The topological polar surface area (TPSA) is 198 Å². The molecule has 4 aliphatic heterocycles. The lowest BCUT2D eigenvalue weighted by atomic mass is 9.74. The van der Waals surface area contributed by atoms with E-state index in [0.29, 0.717) is 11.8 Å². The lowest BCUT2D eigenvalue weighted by molar-refractivity contribution is -0.153. The Kier molecular flexibility index (Phi) is 9.39. The number of anilines is 2. The number of amides is 2. The zero-order chi connectivity index (χ0) is 34.8. The minimum absolute atomic E-state index is 0.0377. The maximum absolute atomic E-state index is 12.2. The van der Waals surface area contributed by atoms with E-state index in [2.05, 4.69) is 53.6 Å². The molecule has 15 nitrogen and oxygen atoms in total. The second kappa shape index (κ2) is 13.7. The Hall–Kier alpha value is -5.28. The molecular formula is C34H42N12O3. The van der Waals surface area contributed by atoms with E-state index in [9.17, 15) is 9.59 Å². The minimum atomic E-state index is -0.151. The minimum Gasteiger partial charge on any atom is -0.397 e. The molecule has 4 fully saturated rings. The third-order valence-electron chi connectivity index (χ3n) is 10.7. The molecule has 49 heavy (non-hydrogen) atoms. The standard InChI is InChI=1S/2C16H18N6O.C2H6O/c2*1-11-8-22(13(23)2-5-17)16(11)4-7-21(9-16)15-12-3-6-18-14(12)19-10-20-15;1-2-3/h2*3,6,10-11H,2,4,7-9H2,1H3,(H,18,19,20);3H,2H2,1H3/t2*11-,16-;/m00./s1. The van der Waals surface area contributed by atoms with E-state index < -0.39 is 0 Å². The van der Waals surface area contributed by atoms with E-state index in [0.717, 1.165) is 85.8 Å². The smallest absolute Gasteiger partial charge is 0.237 e. The lowest BCUT2D eigenvalue weighted by Crippen LogP contribution is -2.69. The van der Waals surface area contributed by atoms with Gasteiger partial charge in [-0.05, 0) is 43.7 Å². The van der Waals surface area contributed by atoms with Crippen molar-refractivity contribution >= 4 is 45.5 Å². The molecule has 0 saturated carbocycles. The highest BCUT2D eigenvalue weighted by Gasteiger charge is 2.57. The largest absolute Gasteiger partial charge is 0.397 e. The zero-order valence-corrected chi connectivity index (χ0v) is 28.1. The number of nitrogens with one attached hydrogen (secondary N) is 2. The van der Waals surface area contributed by atoms with Crippen molar-refractivity contribution in [3.05, 3.63) is 37.2 Å². The van der Waals surface area contributed by atoms with Crippen LogP contribution in [0.4, 0.5) is 11.6 Å². The maximum Gasteiger partial charge on any atom is 0.237 e. The van der Waals surface area contributed by atoms with Crippen molar-refractivity contribution in [2.45, 2.75) is 57.5 Å². The summed E-state index contributed by atoms with van der Waals surface area (Å²) in [6.07, 6.45) is 8.63. The van der Waals surface area contributed by atoms with Gasteiger partial charge in [0.25, 0.3) is 0 Å². The fourth-order valence-electron chi connectivity index (χ4n) is 8.05. The van der Waals surface area contributed by atoms with Gasteiger partial charge >= 0.3 is 0 Å². The number of hydrogen-bond donors (Lipinski definition) is 3. The third kappa shape index (κ3) is 5.78. The number of hydrogen-bond acceptors (Lipinski definition) is 11. The SMILES string of the molecule is CCO.C[C@H]1CN(C(=O)CC#N)[C@]12CCN(c1ncnc3[nH]ccc13)C2.C[C@H]1CN(C(=O)CC#N)[C@]12CCN(c1ncnc3[nH]ccc13)C2. The molecule has 4 atom stereocenters. The van der Waals surface area contributed by atoms with Gasteiger partial charge in [-0.15, -0.1) is 0 Å². The van der Waals surface area contributed by atoms with Crippen LogP contribution in [0.3, 0.4) is 0 Å². The number of carbonyl (C=O) groups is 2. The van der Waals surface area contributed by atoms with Gasteiger partial charge in [0.1, 0.15) is 48.4 Å². The maximum atomic E-state index is 12.2. The summed E-state index contributed by atoms with van der Waals surface area (Å²) < 4.78 is 0. The first-order valence-electron chi connectivity index (χ1n) is 16.7. The lowest BCUT2D eigenvalue weighted by Gasteiger charge is -2.55. The number of fused-ring (bicyclic) bond motifs is 2. The fourth-order valence-corrected chi connectivity index (χ4v) is 8.05.